The number of ether oxygens (including phenoxy) is 1. The van der Waals surface area contributed by atoms with Crippen LogP contribution in [0.4, 0.5) is 0 Å². The minimum atomic E-state index is 0.0180. The fourth-order valence-electron chi connectivity index (χ4n) is 1.97. The molecule has 1 unspecified atom stereocenters. The first-order valence-corrected chi connectivity index (χ1v) is 7.40. The fourth-order valence-corrected chi connectivity index (χ4v) is 2.69. The van der Waals surface area contributed by atoms with Gasteiger partial charge in [0.1, 0.15) is 6.10 Å². The quantitative estimate of drug-likeness (QED) is 0.772. The van der Waals surface area contributed by atoms with Crippen molar-refractivity contribution in [1.82, 2.24) is 4.90 Å². The molecular formula is C15H19NO2S. The molecule has 1 aromatic rings. The minimum Gasteiger partial charge on any atom is -0.491 e. The van der Waals surface area contributed by atoms with Gasteiger partial charge in [0.25, 0.3) is 0 Å². The highest BCUT2D eigenvalue weighted by Crippen LogP contribution is 2.17. The van der Waals surface area contributed by atoms with E-state index in [1.165, 1.54) is 4.88 Å². The van der Waals surface area contributed by atoms with E-state index in [4.69, 9.17) is 4.74 Å². The van der Waals surface area contributed by atoms with Crippen LogP contribution >= 0.6 is 11.3 Å². The summed E-state index contributed by atoms with van der Waals surface area (Å²) in [6, 6.07) is 4.06. The lowest BCUT2D eigenvalue weighted by atomic mass is 10.2. The number of allylic oxidation sites excluding steroid dienone is 1. The van der Waals surface area contributed by atoms with E-state index in [1.54, 1.807) is 17.4 Å². The second kappa shape index (κ2) is 6.57. The van der Waals surface area contributed by atoms with Crippen molar-refractivity contribution >= 4 is 17.2 Å². The molecule has 0 spiro atoms. The summed E-state index contributed by atoms with van der Waals surface area (Å²) in [5.74, 6) is 0.983. The zero-order valence-electron chi connectivity index (χ0n) is 11.3. The van der Waals surface area contributed by atoms with Gasteiger partial charge in [0.2, 0.25) is 5.91 Å². The zero-order chi connectivity index (χ0) is 13.7. The lowest BCUT2D eigenvalue weighted by Gasteiger charge is -2.18. The maximum Gasteiger partial charge on any atom is 0.246 e. The Balaban J connectivity index is 1.88. The van der Waals surface area contributed by atoms with E-state index < -0.39 is 0 Å². The third-order valence-electron chi connectivity index (χ3n) is 3.05. The van der Waals surface area contributed by atoms with Crippen LogP contribution in [0.15, 0.2) is 41.5 Å². The van der Waals surface area contributed by atoms with Crippen molar-refractivity contribution < 1.29 is 9.53 Å². The van der Waals surface area contributed by atoms with Crippen molar-refractivity contribution in [1.29, 1.82) is 0 Å². The molecule has 1 aliphatic rings. The molecule has 0 bridgehead atoms. The van der Waals surface area contributed by atoms with Crippen LogP contribution in [0.25, 0.3) is 0 Å². The Morgan fingerprint density at radius 3 is 3.05 bits per heavy atom. The molecule has 4 heteroatoms. The number of rotatable bonds is 5. The molecule has 0 radical (unpaired) electrons. The lowest BCUT2D eigenvalue weighted by molar-refractivity contribution is -0.126. The Bertz CT molecular complexity index is 476. The Morgan fingerprint density at radius 2 is 2.47 bits per heavy atom. The van der Waals surface area contributed by atoms with Crippen LogP contribution in [-0.2, 0) is 16.1 Å². The van der Waals surface area contributed by atoms with Crippen LogP contribution in [0.1, 0.15) is 25.1 Å². The first kappa shape index (κ1) is 13.9. The average Bonchev–Trinajstić information content (AvgIpc) is 3.04. The number of amides is 1. The molecule has 0 aliphatic carbocycles. The minimum absolute atomic E-state index is 0.0180. The van der Waals surface area contributed by atoms with Gasteiger partial charge < -0.3 is 9.64 Å². The SMILES string of the molecule is CCN(Cc1cccs1)C(=O)/C=C/C1CC=C(C)O1. The van der Waals surface area contributed by atoms with Crippen LogP contribution in [0.3, 0.4) is 0 Å². The molecule has 2 rings (SSSR count). The molecule has 2 heterocycles. The Hall–Kier alpha value is -1.55. The molecule has 0 saturated heterocycles. The number of hydrogen-bond acceptors (Lipinski definition) is 3. The zero-order valence-corrected chi connectivity index (χ0v) is 12.2. The van der Waals surface area contributed by atoms with Crippen LogP contribution in [-0.4, -0.2) is 23.5 Å². The summed E-state index contributed by atoms with van der Waals surface area (Å²) in [5.41, 5.74) is 0. The van der Waals surface area contributed by atoms with Crippen molar-refractivity contribution in [2.45, 2.75) is 32.9 Å². The predicted molar refractivity (Wildman–Crippen MR) is 77.8 cm³/mol. The van der Waals surface area contributed by atoms with Gasteiger partial charge in [0.15, 0.2) is 0 Å². The molecule has 1 aromatic heterocycles. The van der Waals surface area contributed by atoms with Crippen LogP contribution in [0, 0.1) is 0 Å². The molecule has 0 fully saturated rings. The average molecular weight is 277 g/mol. The summed E-state index contributed by atoms with van der Waals surface area (Å²) in [6.07, 6.45) is 6.40. The number of carbonyl (C=O) groups is 1. The van der Waals surface area contributed by atoms with Crippen molar-refractivity contribution in [2.24, 2.45) is 0 Å². The summed E-state index contributed by atoms with van der Waals surface area (Å²) in [4.78, 5) is 15.1. The van der Waals surface area contributed by atoms with E-state index >= 15 is 0 Å². The highest BCUT2D eigenvalue weighted by atomic mass is 32.1. The van der Waals surface area contributed by atoms with Gasteiger partial charge >= 0.3 is 0 Å². The van der Waals surface area contributed by atoms with E-state index in [-0.39, 0.29) is 12.0 Å². The van der Waals surface area contributed by atoms with Gasteiger partial charge in [0, 0.05) is 23.9 Å². The number of nitrogens with zero attached hydrogens (tertiary/aromatic N) is 1. The first-order valence-electron chi connectivity index (χ1n) is 6.52. The topological polar surface area (TPSA) is 29.5 Å². The molecule has 0 saturated carbocycles. The second-order valence-corrected chi connectivity index (χ2v) is 5.53. The summed E-state index contributed by atoms with van der Waals surface area (Å²) in [7, 11) is 0. The summed E-state index contributed by atoms with van der Waals surface area (Å²) in [5, 5.41) is 2.03. The van der Waals surface area contributed by atoms with Gasteiger partial charge in [-0.2, -0.15) is 0 Å². The molecule has 3 nitrogen and oxygen atoms in total. The standard InChI is InChI=1S/C15H19NO2S/c1-3-16(11-14-5-4-10-19-14)15(17)9-8-13-7-6-12(2)18-13/h4-6,8-10,13H,3,7,11H2,1-2H3/b9-8+. The molecule has 102 valence electrons. The van der Waals surface area contributed by atoms with Crippen molar-refractivity contribution in [2.75, 3.05) is 6.54 Å². The molecule has 0 aromatic carbocycles. The molecule has 19 heavy (non-hydrogen) atoms. The predicted octanol–water partition coefficient (Wildman–Crippen LogP) is 3.35. The van der Waals surface area contributed by atoms with E-state index in [0.717, 1.165) is 12.2 Å². The highest BCUT2D eigenvalue weighted by molar-refractivity contribution is 7.09. The van der Waals surface area contributed by atoms with Gasteiger partial charge in [0.05, 0.1) is 12.3 Å². The van der Waals surface area contributed by atoms with Gasteiger partial charge in [-0.1, -0.05) is 6.07 Å². The number of likely N-dealkylation sites (N-methyl/N-ethyl adjacent to an activating group) is 1. The van der Waals surface area contributed by atoms with Crippen LogP contribution < -0.4 is 0 Å². The van der Waals surface area contributed by atoms with Crippen LogP contribution in [0.5, 0.6) is 0 Å². The molecule has 1 aliphatic heterocycles. The number of thiophene rings is 1. The summed E-state index contributed by atoms with van der Waals surface area (Å²) >= 11 is 1.68. The van der Waals surface area contributed by atoms with E-state index in [0.29, 0.717) is 13.1 Å². The molecular weight excluding hydrogens is 258 g/mol. The molecule has 0 N–H and O–H groups in total. The largest absolute Gasteiger partial charge is 0.491 e. The molecule has 1 amide bonds. The van der Waals surface area contributed by atoms with Gasteiger partial charge in [-0.25, -0.2) is 0 Å². The Kier molecular flexibility index (Phi) is 4.80. The van der Waals surface area contributed by atoms with Gasteiger partial charge in [-0.15, -0.1) is 11.3 Å². The van der Waals surface area contributed by atoms with E-state index in [9.17, 15) is 4.79 Å². The molecule has 1 atom stereocenters. The highest BCUT2D eigenvalue weighted by Gasteiger charge is 2.14. The number of hydrogen-bond donors (Lipinski definition) is 0. The van der Waals surface area contributed by atoms with Crippen molar-refractivity contribution in [3.8, 4) is 0 Å². The third kappa shape index (κ3) is 3.96. The monoisotopic (exact) mass is 277 g/mol. The van der Waals surface area contributed by atoms with Crippen LogP contribution in [0.2, 0.25) is 0 Å². The fraction of sp³-hybridized carbons (Fsp3) is 0.400. The summed E-state index contributed by atoms with van der Waals surface area (Å²) < 4.78 is 5.54. The lowest BCUT2D eigenvalue weighted by Crippen LogP contribution is -2.28. The summed E-state index contributed by atoms with van der Waals surface area (Å²) in [6.45, 7) is 5.33. The van der Waals surface area contributed by atoms with E-state index in [1.807, 2.05) is 42.3 Å². The second-order valence-electron chi connectivity index (χ2n) is 4.50. The maximum absolute atomic E-state index is 12.1. The van der Waals surface area contributed by atoms with E-state index in [2.05, 4.69) is 6.07 Å². The van der Waals surface area contributed by atoms with Crippen molar-refractivity contribution in [3.05, 3.63) is 46.4 Å². The van der Waals surface area contributed by atoms with Crippen molar-refractivity contribution in [3.63, 3.8) is 0 Å². The van der Waals surface area contributed by atoms with Gasteiger partial charge in [-0.3, -0.25) is 4.79 Å². The van der Waals surface area contributed by atoms with Gasteiger partial charge in [-0.05, 0) is 37.4 Å². The first-order chi connectivity index (χ1) is 9.19. The smallest absolute Gasteiger partial charge is 0.246 e. The third-order valence-corrected chi connectivity index (χ3v) is 3.91. The Morgan fingerprint density at radius 1 is 1.63 bits per heavy atom. The maximum atomic E-state index is 12.1. The normalized spacial score (nSPS) is 18.4. The Labute approximate surface area is 118 Å². The number of carbonyl (C=O) groups excluding carboxylic acids is 1.